The molecule has 1 heterocycles. The molecule has 1 fully saturated rings. The van der Waals surface area contributed by atoms with E-state index in [0.29, 0.717) is 17.8 Å². The van der Waals surface area contributed by atoms with Crippen LogP contribution >= 0.6 is 0 Å². The van der Waals surface area contributed by atoms with Gasteiger partial charge in [0.15, 0.2) is 0 Å². The van der Waals surface area contributed by atoms with Crippen molar-refractivity contribution in [2.75, 3.05) is 25.0 Å². The Hall–Kier alpha value is -1.86. The highest BCUT2D eigenvalue weighted by Crippen LogP contribution is 2.20. The first-order chi connectivity index (χ1) is 10.2. The third-order valence-electron chi connectivity index (χ3n) is 4.21. The van der Waals surface area contributed by atoms with E-state index in [0.717, 1.165) is 19.0 Å². The van der Waals surface area contributed by atoms with Gasteiger partial charge in [-0.25, -0.2) is 0 Å². The molecule has 1 amide bonds. The predicted molar refractivity (Wildman–Crippen MR) is 83.9 cm³/mol. The fourth-order valence-electron chi connectivity index (χ4n) is 2.87. The highest BCUT2D eigenvalue weighted by Gasteiger charge is 2.18. The number of carbonyl (C=O) groups is 1. The molecule has 2 rings (SSSR count). The van der Waals surface area contributed by atoms with Crippen molar-refractivity contribution >= 4 is 11.6 Å². The maximum atomic E-state index is 12.1. The molecule has 1 aromatic carbocycles. The molecular weight excluding hydrogens is 262 g/mol. The summed E-state index contributed by atoms with van der Waals surface area (Å²) in [6, 6.07) is 9.21. The summed E-state index contributed by atoms with van der Waals surface area (Å²) in [5.74, 6) is 0.769. The van der Waals surface area contributed by atoms with Crippen LogP contribution in [0.2, 0.25) is 0 Å². The quantitative estimate of drug-likeness (QED) is 0.925. The molecule has 4 heteroatoms. The normalized spacial score (nSPS) is 19.5. The number of nitrogens with zero attached hydrogens (tertiary/aromatic N) is 2. The van der Waals surface area contributed by atoms with Crippen LogP contribution in [0.25, 0.3) is 0 Å². The number of amides is 1. The van der Waals surface area contributed by atoms with E-state index in [9.17, 15) is 4.79 Å². The Labute approximate surface area is 126 Å². The van der Waals surface area contributed by atoms with Crippen LogP contribution in [-0.2, 0) is 4.79 Å². The van der Waals surface area contributed by atoms with E-state index in [4.69, 9.17) is 5.26 Å². The summed E-state index contributed by atoms with van der Waals surface area (Å²) in [5, 5.41) is 11.9. The van der Waals surface area contributed by atoms with Crippen LogP contribution in [0, 0.1) is 17.2 Å². The Bertz CT molecular complexity index is 521. The van der Waals surface area contributed by atoms with E-state index in [-0.39, 0.29) is 5.91 Å². The molecule has 1 aliphatic heterocycles. The highest BCUT2D eigenvalue weighted by molar-refractivity contribution is 5.93. The van der Waals surface area contributed by atoms with Gasteiger partial charge in [-0.05, 0) is 50.4 Å². The van der Waals surface area contributed by atoms with Crippen LogP contribution in [0.15, 0.2) is 24.3 Å². The number of nitriles is 1. The molecule has 0 aromatic heterocycles. The van der Waals surface area contributed by atoms with Crippen LogP contribution in [0.1, 0.15) is 38.2 Å². The number of likely N-dealkylation sites (tertiary alicyclic amines) is 1. The number of rotatable bonds is 4. The van der Waals surface area contributed by atoms with Crippen molar-refractivity contribution < 1.29 is 4.79 Å². The number of hydrogen-bond acceptors (Lipinski definition) is 3. The molecule has 1 atom stereocenters. The molecule has 4 nitrogen and oxygen atoms in total. The molecular formula is C17H23N3O. The second kappa shape index (κ2) is 7.80. The van der Waals surface area contributed by atoms with Crippen molar-refractivity contribution in [3.8, 4) is 6.07 Å². The Morgan fingerprint density at radius 2 is 2.19 bits per heavy atom. The second-order valence-electron chi connectivity index (χ2n) is 5.69. The molecule has 1 aliphatic rings. The number of benzene rings is 1. The number of nitrogens with one attached hydrogen (secondary N) is 1. The van der Waals surface area contributed by atoms with E-state index in [1.165, 1.54) is 25.7 Å². The van der Waals surface area contributed by atoms with Crippen LogP contribution in [0.3, 0.4) is 0 Å². The zero-order valence-corrected chi connectivity index (χ0v) is 12.6. The lowest BCUT2D eigenvalue weighted by molar-refractivity contribution is -0.117. The largest absolute Gasteiger partial charge is 0.324 e. The molecule has 0 radical (unpaired) electrons. The maximum absolute atomic E-state index is 12.1. The zero-order valence-electron chi connectivity index (χ0n) is 12.6. The third-order valence-corrected chi connectivity index (χ3v) is 4.21. The van der Waals surface area contributed by atoms with E-state index in [1.807, 2.05) is 6.07 Å². The van der Waals surface area contributed by atoms with Gasteiger partial charge in [0, 0.05) is 0 Å². The summed E-state index contributed by atoms with van der Waals surface area (Å²) in [5.41, 5.74) is 1.11. The summed E-state index contributed by atoms with van der Waals surface area (Å²) < 4.78 is 0. The Morgan fingerprint density at radius 3 is 2.95 bits per heavy atom. The van der Waals surface area contributed by atoms with Crippen molar-refractivity contribution in [2.45, 2.75) is 32.6 Å². The first kappa shape index (κ1) is 15.5. The average Bonchev–Trinajstić information content (AvgIpc) is 2.73. The minimum absolute atomic E-state index is 0.0346. The lowest BCUT2D eigenvalue weighted by Gasteiger charge is -2.19. The van der Waals surface area contributed by atoms with Crippen molar-refractivity contribution in [3.63, 3.8) is 0 Å². The molecule has 0 aliphatic carbocycles. The minimum atomic E-state index is -0.0346. The van der Waals surface area contributed by atoms with Crippen molar-refractivity contribution in [2.24, 2.45) is 5.92 Å². The van der Waals surface area contributed by atoms with E-state index < -0.39 is 0 Å². The van der Waals surface area contributed by atoms with Gasteiger partial charge >= 0.3 is 0 Å². The van der Waals surface area contributed by atoms with Crippen molar-refractivity contribution in [1.29, 1.82) is 5.26 Å². The lowest BCUT2D eigenvalue weighted by Crippen LogP contribution is -2.34. The topological polar surface area (TPSA) is 56.1 Å². The van der Waals surface area contributed by atoms with E-state index >= 15 is 0 Å². The Balaban J connectivity index is 1.88. The van der Waals surface area contributed by atoms with E-state index in [1.54, 1.807) is 18.2 Å². The molecule has 112 valence electrons. The average molecular weight is 285 g/mol. The van der Waals surface area contributed by atoms with Crippen molar-refractivity contribution in [1.82, 2.24) is 4.90 Å². The highest BCUT2D eigenvalue weighted by atomic mass is 16.2. The van der Waals surface area contributed by atoms with Gasteiger partial charge in [-0.3, -0.25) is 9.69 Å². The lowest BCUT2D eigenvalue weighted by atomic mass is 9.98. The molecule has 21 heavy (non-hydrogen) atoms. The second-order valence-corrected chi connectivity index (χ2v) is 5.69. The van der Waals surface area contributed by atoms with E-state index in [2.05, 4.69) is 23.2 Å². The Morgan fingerprint density at radius 1 is 1.38 bits per heavy atom. The van der Waals surface area contributed by atoms with Gasteiger partial charge in [-0.2, -0.15) is 5.26 Å². The summed E-state index contributed by atoms with van der Waals surface area (Å²) in [6.45, 7) is 4.64. The van der Waals surface area contributed by atoms with Crippen LogP contribution in [-0.4, -0.2) is 30.4 Å². The van der Waals surface area contributed by atoms with Gasteiger partial charge < -0.3 is 5.32 Å². The number of hydrogen-bond donors (Lipinski definition) is 1. The molecule has 1 aromatic rings. The molecule has 0 bridgehead atoms. The SMILES string of the molecule is CCC1CCCN(CC(=O)Nc2ccccc2C#N)CC1. The van der Waals surface area contributed by atoms with Gasteiger partial charge in [0.25, 0.3) is 0 Å². The molecule has 1 unspecified atom stereocenters. The standard InChI is InChI=1S/C17H23N3O/c1-2-14-6-5-10-20(11-9-14)13-17(21)19-16-8-4-3-7-15(16)12-18/h3-4,7-8,14H,2,5-6,9-11,13H2,1H3,(H,19,21). The number of anilines is 1. The fourth-order valence-corrected chi connectivity index (χ4v) is 2.87. The number of para-hydroxylation sites is 1. The van der Waals surface area contributed by atoms with Crippen LogP contribution < -0.4 is 5.32 Å². The maximum Gasteiger partial charge on any atom is 0.238 e. The summed E-state index contributed by atoms with van der Waals surface area (Å²) in [6.07, 6.45) is 4.85. The monoisotopic (exact) mass is 285 g/mol. The smallest absolute Gasteiger partial charge is 0.238 e. The molecule has 0 saturated carbocycles. The summed E-state index contributed by atoms with van der Waals surface area (Å²) in [4.78, 5) is 14.4. The minimum Gasteiger partial charge on any atom is -0.324 e. The van der Waals surface area contributed by atoms with Crippen LogP contribution in [0.4, 0.5) is 5.69 Å². The summed E-state index contributed by atoms with van der Waals surface area (Å²) >= 11 is 0. The van der Waals surface area contributed by atoms with Gasteiger partial charge in [0.05, 0.1) is 17.8 Å². The molecule has 1 N–H and O–H groups in total. The molecule has 1 saturated heterocycles. The van der Waals surface area contributed by atoms with Gasteiger partial charge in [-0.1, -0.05) is 25.5 Å². The predicted octanol–water partition coefficient (Wildman–Crippen LogP) is 3.01. The van der Waals surface area contributed by atoms with Crippen LogP contribution in [0.5, 0.6) is 0 Å². The van der Waals surface area contributed by atoms with Crippen molar-refractivity contribution in [3.05, 3.63) is 29.8 Å². The Kier molecular flexibility index (Phi) is 5.77. The first-order valence-corrected chi connectivity index (χ1v) is 7.74. The van der Waals surface area contributed by atoms with Gasteiger partial charge in [0.2, 0.25) is 5.91 Å². The summed E-state index contributed by atoms with van der Waals surface area (Å²) in [7, 11) is 0. The molecule has 0 spiro atoms. The first-order valence-electron chi connectivity index (χ1n) is 7.74. The third kappa shape index (κ3) is 4.57. The van der Waals surface area contributed by atoms with Gasteiger partial charge in [0.1, 0.15) is 6.07 Å². The zero-order chi connectivity index (χ0) is 15.1. The number of carbonyl (C=O) groups excluding carboxylic acids is 1. The fraction of sp³-hybridized carbons (Fsp3) is 0.529. The van der Waals surface area contributed by atoms with Gasteiger partial charge in [-0.15, -0.1) is 0 Å².